The standard InChI is InChI=1S/C2H4O2.Ce.NO3.Rh/c1-2(3)4;;2-1(3)4;/h1H3,(H,3,4);;;/q;;-1;+3. The van der Waals surface area contributed by atoms with Crippen LogP contribution in [0.5, 0.6) is 0 Å². The third kappa shape index (κ3) is 1140. The number of nitrogens with zero attached hydrogens (tertiary/aromatic N) is 1. The van der Waals surface area contributed by atoms with Crippen molar-refractivity contribution in [3.63, 3.8) is 0 Å². The van der Waals surface area contributed by atoms with Crippen LogP contribution in [0.1, 0.15) is 6.92 Å². The molecule has 0 heterocycles. The van der Waals surface area contributed by atoms with E-state index in [4.69, 9.17) is 25.2 Å². The molecule has 0 rings (SSSR count). The molecule has 0 aromatic carbocycles. The van der Waals surface area contributed by atoms with Gasteiger partial charge in [0.15, 0.2) is 0 Å². The summed E-state index contributed by atoms with van der Waals surface area (Å²) in [5.74, 6) is -0.833. The maximum atomic E-state index is 9.00. The van der Waals surface area contributed by atoms with Gasteiger partial charge in [0.05, 0.1) is 5.09 Å². The predicted octanol–water partition coefficient (Wildman–Crippen LogP) is -0.151. The molecule has 0 aromatic heterocycles. The molecule has 0 atom stereocenters. The Morgan fingerprint density at radius 2 is 1.50 bits per heavy atom. The minimum atomic E-state index is -1.75. The zero-order valence-corrected chi connectivity index (χ0v) is 9.64. The zero-order chi connectivity index (χ0) is 7.15. The van der Waals surface area contributed by atoms with Gasteiger partial charge in [0, 0.05) is 48.7 Å². The minimum absolute atomic E-state index is 0. The molecule has 0 aliphatic rings. The van der Waals surface area contributed by atoms with E-state index in [9.17, 15) is 0 Å². The Kier molecular flexibility index (Phi) is 36.6. The Labute approximate surface area is 103 Å². The second kappa shape index (κ2) is 16.3. The van der Waals surface area contributed by atoms with Crippen LogP contribution in [0.25, 0.3) is 0 Å². The fourth-order valence-corrected chi connectivity index (χ4v) is 0. The topological polar surface area (TPSA) is 104 Å². The summed E-state index contributed by atoms with van der Waals surface area (Å²) in [5, 5.41) is 22.2. The number of hydrogen-bond acceptors (Lipinski definition) is 4. The molecule has 0 aromatic rings. The summed E-state index contributed by atoms with van der Waals surface area (Å²) in [6.07, 6.45) is 0. The van der Waals surface area contributed by atoms with Gasteiger partial charge in [-0.1, -0.05) is 0 Å². The SMILES string of the molecule is CC(=O)O.O=[N+]([O-])[O-].[Ce].[Rh+3]. The summed E-state index contributed by atoms with van der Waals surface area (Å²) in [4.78, 5) is 17.2. The first kappa shape index (κ1) is 22.4. The second-order valence-electron chi connectivity index (χ2n) is 0.743. The van der Waals surface area contributed by atoms with Gasteiger partial charge in [-0.05, 0) is 0 Å². The van der Waals surface area contributed by atoms with Gasteiger partial charge in [0.1, 0.15) is 0 Å². The Morgan fingerprint density at radius 3 is 1.50 bits per heavy atom. The van der Waals surface area contributed by atoms with Gasteiger partial charge in [-0.3, -0.25) is 4.79 Å². The van der Waals surface area contributed by atoms with E-state index in [-0.39, 0.29) is 61.2 Å². The number of rotatable bonds is 0. The first-order valence-electron chi connectivity index (χ1n) is 1.48. The summed E-state index contributed by atoms with van der Waals surface area (Å²) < 4.78 is 0. The van der Waals surface area contributed by atoms with E-state index in [1.807, 2.05) is 0 Å². The Balaban J connectivity index is -0.0000000300. The first-order chi connectivity index (χ1) is 3.46. The minimum Gasteiger partial charge on any atom is -0.481 e. The second-order valence-corrected chi connectivity index (χ2v) is 0.743. The van der Waals surface area contributed by atoms with Crippen molar-refractivity contribution in [1.82, 2.24) is 0 Å². The first-order valence-corrected chi connectivity index (χ1v) is 1.48. The molecule has 8 heteroatoms. The van der Waals surface area contributed by atoms with E-state index in [0.29, 0.717) is 0 Å². The van der Waals surface area contributed by atoms with E-state index >= 15 is 0 Å². The third-order valence-electron chi connectivity index (χ3n) is 0. The molecule has 1 N–H and O–H groups in total. The fourth-order valence-electron chi connectivity index (χ4n) is 0. The summed E-state index contributed by atoms with van der Waals surface area (Å²) in [5.41, 5.74) is 0. The van der Waals surface area contributed by atoms with E-state index < -0.39 is 11.1 Å². The average Bonchev–Trinajstić information content (AvgIpc) is 1.25. The molecular formula is C2H4CeNO5Rh+2. The summed E-state index contributed by atoms with van der Waals surface area (Å²) in [6, 6.07) is 0. The van der Waals surface area contributed by atoms with Crippen molar-refractivity contribution in [3.05, 3.63) is 15.3 Å². The van der Waals surface area contributed by atoms with Crippen LogP contribution in [0.2, 0.25) is 0 Å². The predicted molar refractivity (Wildman–Crippen MR) is 23.7 cm³/mol. The van der Waals surface area contributed by atoms with Crippen molar-refractivity contribution in [3.8, 4) is 0 Å². The van der Waals surface area contributed by atoms with E-state index in [1.54, 1.807) is 0 Å². The van der Waals surface area contributed by atoms with Crippen LogP contribution in [-0.2, 0) is 24.3 Å². The number of carbonyl (C=O) groups is 1. The Bertz CT molecular complexity index is 77.6. The Morgan fingerprint density at radius 1 is 1.50 bits per heavy atom. The molecule has 0 saturated carbocycles. The molecule has 0 saturated heterocycles. The average molecular weight is 365 g/mol. The van der Waals surface area contributed by atoms with Crippen LogP contribution in [0.3, 0.4) is 0 Å². The van der Waals surface area contributed by atoms with Crippen LogP contribution < -0.4 is 0 Å². The molecule has 0 amide bonds. The molecule has 58 valence electrons. The van der Waals surface area contributed by atoms with E-state index in [2.05, 4.69) is 0 Å². The number of aliphatic carboxylic acids is 1. The largest absolute Gasteiger partial charge is 3.00 e. The van der Waals surface area contributed by atoms with Gasteiger partial charge in [-0.15, -0.1) is 0 Å². The monoisotopic (exact) mass is 365 g/mol. The molecule has 6 nitrogen and oxygen atoms in total. The molecule has 0 unspecified atom stereocenters. The molecule has 0 aliphatic carbocycles. The maximum Gasteiger partial charge on any atom is 3.00 e. The molecule has 0 aliphatic heterocycles. The molecule has 0 bridgehead atoms. The number of carboxylic acid groups (broad SMARTS) is 1. The Hall–Kier alpha value is 0.670. The van der Waals surface area contributed by atoms with Gasteiger partial charge < -0.3 is 20.4 Å². The normalized spacial score (nSPS) is 4.90. The van der Waals surface area contributed by atoms with Crippen LogP contribution in [0.4, 0.5) is 0 Å². The summed E-state index contributed by atoms with van der Waals surface area (Å²) in [6.45, 7) is 1.08. The van der Waals surface area contributed by atoms with Crippen molar-refractivity contribution in [2.75, 3.05) is 0 Å². The van der Waals surface area contributed by atoms with Crippen molar-refractivity contribution < 1.29 is 76.2 Å². The van der Waals surface area contributed by atoms with Crippen LogP contribution >= 0.6 is 0 Å². The van der Waals surface area contributed by atoms with Crippen LogP contribution in [-0.4, -0.2) is 16.2 Å². The van der Waals surface area contributed by atoms with Crippen molar-refractivity contribution in [1.29, 1.82) is 0 Å². The number of hydrogen-bond donors (Lipinski definition) is 1. The van der Waals surface area contributed by atoms with Gasteiger partial charge >= 0.3 is 19.5 Å². The van der Waals surface area contributed by atoms with Crippen LogP contribution in [0.15, 0.2) is 0 Å². The van der Waals surface area contributed by atoms with E-state index in [1.165, 1.54) is 0 Å². The smallest absolute Gasteiger partial charge is 0.481 e. The molecule has 0 fully saturated rings. The molecule has 0 spiro atoms. The maximum absolute atomic E-state index is 9.00. The third-order valence-corrected chi connectivity index (χ3v) is 0. The van der Waals surface area contributed by atoms with Crippen molar-refractivity contribution in [2.24, 2.45) is 0 Å². The van der Waals surface area contributed by atoms with E-state index in [0.717, 1.165) is 6.92 Å². The molecular weight excluding hydrogens is 361 g/mol. The number of carboxylic acids is 1. The molecule has 0 radical (unpaired) electrons. The van der Waals surface area contributed by atoms with Gasteiger partial charge in [-0.25, -0.2) is 0 Å². The fraction of sp³-hybridized carbons (Fsp3) is 0.500. The van der Waals surface area contributed by atoms with Gasteiger partial charge in [0.25, 0.3) is 5.97 Å². The van der Waals surface area contributed by atoms with Gasteiger partial charge in [0.2, 0.25) is 0 Å². The quantitative estimate of drug-likeness (QED) is 0.365. The van der Waals surface area contributed by atoms with Crippen molar-refractivity contribution >= 4 is 5.97 Å². The van der Waals surface area contributed by atoms with Crippen LogP contribution in [0, 0.1) is 57.1 Å². The summed E-state index contributed by atoms with van der Waals surface area (Å²) >= 11 is 0. The van der Waals surface area contributed by atoms with Crippen molar-refractivity contribution in [2.45, 2.75) is 6.92 Å². The summed E-state index contributed by atoms with van der Waals surface area (Å²) in [7, 11) is 0. The zero-order valence-electron chi connectivity index (χ0n) is 4.86. The van der Waals surface area contributed by atoms with Gasteiger partial charge in [-0.2, -0.15) is 0 Å². The molecule has 10 heavy (non-hydrogen) atoms.